The van der Waals surface area contributed by atoms with Gasteiger partial charge in [0.1, 0.15) is 17.4 Å². The normalized spacial score (nSPS) is 11.1. The van der Waals surface area contributed by atoms with Crippen molar-refractivity contribution in [2.75, 3.05) is 0 Å². The molecule has 0 aliphatic carbocycles. The molecule has 0 unspecified atom stereocenters. The van der Waals surface area contributed by atoms with Crippen LogP contribution in [-0.2, 0) is 0 Å². The van der Waals surface area contributed by atoms with Crippen molar-refractivity contribution in [3.8, 4) is 17.1 Å². The van der Waals surface area contributed by atoms with Crippen LogP contribution in [-0.4, -0.2) is 15.1 Å². The van der Waals surface area contributed by atoms with Gasteiger partial charge in [0.25, 0.3) is 0 Å². The molecule has 0 atom stereocenters. The fraction of sp³-hybridized carbons (Fsp3) is 0. The lowest BCUT2D eigenvalue weighted by molar-refractivity contribution is 0.476. The van der Waals surface area contributed by atoms with E-state index in [4.69, 9.17) is 0 Å². The average molecular weight is 386 g/mol. The number of imidazole rings is 1. The maximum Gasteiger partial charge on any atom is 0.142 e. The number of H-pyrrole nitrogens is 1. The zero-order valence-corrected chi connectivity index (χ0v) is 12.6. The lowest BCUT2D eigenvalue weighted by Crippen LogP contribution is -1.81. The van der Waals surface area contributed by atoms with Crippen LogP contribution in [0.1, 0.15) is 0 Å². The minimum atomic E-state index is -0.359. The number of aromatic nitrogens is 2. The predicted molar refractivity (Wildman–Crippen MR) is 78.6 cm³/mol. The van der Waals surface area contributed by atoms with Gasteiger partial charge < -0.3 is 10.1 Å². The van der Waals surface area contributed by atoms with E-state index in [2.05, 4.69) is 41.8 Å². The molecule has 6 heteroatoms. The summed E-state index contributed by atoms with van der Waals surface area (Å²) in [6, 6.07) is 8.09. The minimum absolute atomic E-state index is 0.105. The highest BCUT2D eigenvalue weighted by Crippen LogP contribution is 2.32. The van der Waals surface area contributed by atoms with Gasteiger partial charge in [-0.05, 0) is 40.2 Å². The summed E-state index contributed by atoms with van der Waals surface area (Å²) in [5.41, 5.74) is 1.78. The molecule has 0 fully saturated rings. The summed E-state index contributed by atoms with van der Waals surface area (Å²) in [6.45, 7) is 0. The largest absolute Gasteiger partial charge is 0.507 e. The number of nitrogens with one attached hydrogen (secondary N) is 1. The Hall–Kier alpha value is -1.40. The molecule has 0 spiro atoms. The van der Waals surface area contributed by atoms with Gasteiger partial charge >= 0.3 is 0 Å². The fourth-order valence-corrected chi connectivity index (χ4v) is 2.52. The van der Waals surface area contributed by atoms with Gasteiger partial charge in [-0.3, -0.25) is 0 Å². The van der Waals surface area contributed by atoms with Crippen molar-refractivity contribution >= 4 is 42.9 Å². The van der Waals surface area contributed by atoms with Crippen molar-refractivity contribution in [2.24, 2.45) is 0 Å². The Morgan fingerprint density at radius 1 is 1.16 bits per heavy atom. The molecule has 0 aliphatic rings. The third-order valence-electron chi connectivity index (χ3n) is 2.74. The molecule has 0 saturated heterocycles. The minimum Gasteiger partial charge on any atom is -0.507 e. The van der Waals surface area contributed by atoms with Crippen molar-refractivity contribution in [1.29, 1.82) is 0 Å². The zero-order chi connectivity index (χ0) is 13.6. The predicted octanol–water partition coefficient (Wildman–Crippen LogP) is 4.60. The summed E-state index contributed by atoms with van der Waals surface area (Å²) in [6.07, 6.45) is 0. The van der Waals surface area contributed by atoms with Gasteiger partial charge in [0.05, 0.1) is 21.1 Å². The van der Waals surface area contributed by atoms with Crippen molar-refractivity contribution in [3.05, 3.63) is 45.1 Å². The SMILES string of the molecule is Oc1cc(Br)ccc1-c1nc2cc(Br)c(F)cc2[nH]1. The summed E-state index contributed by atoms with van der Waals surface area (Å²) in [7, 11) is 0. The Kier molecular flexibility index (Phi) is 3.06. The van der Waals surface area contributed by atoms with Crippen LogP contribution in [0.4, 0.5) is 4.39 Å². The van der Waals surface area contributed by atoms with E-state index in [-0.39, 0.29) is 11.6 Å². The second-order valence-corrected chi connectivity index (χ2v) is 5.80. The van der Waals surface area contributed by atoms with Gasteiger partial charge in [-0.1, -0.05) is 15.9 Å². The summed E-state index contributed by atoms with van der Waals surface area (Å²) in [5.74, 6) is 0.244. The molecule has 2 N–H and O–H groups in total. The maximum atomic E-state index is 13.4. The number of hydrogen-bond donors (Lipinski definition) is 2. The quantitative estimate of drug-likeness (QED) is 0.643. The fourth-order valence-electron chi connectivity index (χ4n) is 1.84. The molecule has 96 valence electrons. The standard InChI is InChI=1S/C13H7Br2FN2O/c14-6-1-2-7(12(19)3-6)13-17-10-4-8(15)9(16)5-11(10)18-13/h1-5,19H,(H,17,18). The van der Waals surface area contributed by atoms with Crippen molar-refractivity contribution in [2.45, 2.75) is 0 Å². The molecule has 1 aromatic heterocycles. The molecule has 3 nitrogen and oxygen atoms in total. The van der Waals surface area contributed by atoms with Crippen LogP contribution in [0.5, 0.6) is 5.75 Å². The van der Waals surface area contributed by atoms with Crippen molar-refractivity contribution in [3.63, 3.8) is 0 Å². The molecule has 0 aliphatic heterocycles. The van der Waals surface area contributed by atoms with E-state index < -0.39 is 0 Å². The number of rotatable bonds is 1. The Labute approximate surface area is 124 Å². The topological polar surface area (TPSA) is 48.9 Å². The van der Waals surface area contributed by atoms with Gasteiger partial charge in [0.2, 0.25) is 0 Å². The molecule has 0 radical (unpaired) electrons. The van der Waals surface area contributed by atoms with Crippen LogP contribution in [0.25, 0.3) is 22.4 Å². The van der Waals surface area contributed by atoms with Crippen LogP contribution in [0.15, 0.2) is 39.3 Å². The van der Waals surface area contributed by atoms with Gasteiger partial charge in [-0.25, -0.2) is 9.37 Å². The third kappa shape index (κ3) is 2.26. The molecule has 0 amide bonds. The maximum absolute atomic E-state index is 13.4. The molecule has 3 aromatic rings. The second-order valence-electron chi connectivity index (χ2n) is 4.03. The van der Waals surface area contributed by atoms with Crippen LogP contribution in [0.2, 0.25) is 0 Å². The Morgan fingerprint density at radius 3 is 2.68 bits per heavy atom. The summed E-state index contributed by atoms with van der Waals surface area (Å²) in [5, 5.41) is 9.91. The lowest BCUT2D eigenvalue weighted by atomic mass is 10.2. The van der Waals surface area contributed by atoms with Gasteiger partial charge in [0, 0.05) is 10.5 Å². The average Bonchev–Trinajstić information content (AvgIpc) is 2.72. The third-order valence-corrected chi connectivity index (χ3v) is 3.84. The van der Waals surface area contributed by atoms with Crippen LogP contribution >= 0.6 is 31.9 Å². The van der Waals surface area contributed by atoms with E-state index in [0.29, 0.717) is 26.9 Å². The highest BCUT2D eigenvalue weighted by atomic mass is 79.9. The number of aromatic hydroxyl groups is 1. The van der Waals surface area contributed by atoms with Gasteiger partial charge in [0.15, 0.2) is 0 Å². The van der Waals surface area contributed by atoms with Gasteiger partial charge in [-0.2, -0.15) is 0 Å². The highest BCUT2D eigenvalue weighted by Gasteiger charge is 2.11. The van der Waals surface area contributed by atoms with Crippen LogP contribution < -0.4 is 0 Å². The first kappa shape index (κ1) is 12.6. The Morgan fingerprint density at radius 2 is 1.95 bits per heavy atom. The molecular weight excluding hydrogens is 379 g/mol. The number of benzene rings is 2. The Bertz CT molecular complexity index is 747. The van der Waals surface area contributed by atoms with E-state index >= 15 is 0 Å². The monoisotopic (exact) mass is 384 g/mol. The van der Waals surface area contributed by atoms with Gasteiger partial charge in [-0.15, -0.1) is 0 Å². The number of aromatic amines is 1. The number of nitrogens with zero attached hydrogens (tertiary/aromatic N) is 1. The first-order valence-electron chi connectivity index (χ1n) is 5.38. The zero-order valence-electron chi connectivity index (χ0n) is 9.42. The number of halogens is 3. The smallest absolute Gasteiger partial charge is 0.142 e. The first-order valence-corrected chi connectivity index (χ1v) is 6.97. The molecule has 19 heavy (non-hydrogen) atoms. The van der Waals surface area contributed by atoms with E-state index in [1.54, 1.807) is 24.3 Å². The molecule has 3 rings (SSSR count). The number of hydrogen-bond acceptors (Lipinski definition) is 2. The summed E-state index contributed by atoms with van der Waals surface area (Å²) < 4.78 is 14.6. The van der Waals surface area contributed by atoms with E-state index in [1.807, 2.05) is 0 Å². The summed E-state index contributed by atoms with van der Waals surface area (Å²) in [4.78, 5) is 7.34. The van der Waals surface area contributed by atoms with E-state index in [9.17, 15) is 9.50 Å². The molecule has 0 bridgehead atoms. The van der Waals surface area contributed by atoms with Crippen LogP contribution in [0, 0.1) is 5.82 Å². The molecule has 1 heterocycles. The molecule has 0 saturated carbocycles. The number of phenols is 1. The van der Waals surface area contributed by atoms with E-state index in [0.717, 1.165) is 4.47 Å². The highest BCUT2D eigenvalue weighted by molar-refractivity contribution is 9.10. The number of phenolic OH excluding ortho intramolecular Hbond substituents is 1. The molecular formula is C13H7Br2FN2O. The lowest BCUT2D eigenvalue weighted by Gasteiger charge is -2.00. The first-order chi connectivity index (χ1) is 9.04. The van der Waals surface area contributed by atoms with Crippen molar-refractivity contribution in [1.82, 2.24) is 9.97 Å². The number of fused-ring (bicyclic) bond motifs is 1. The van der Waals surface area contributed by atoms with E-state index in [1.165, 1.54) is 6.07 Å². The second kappa shape index (κ2) is 4.61. The summed E-state index contributed by atoms with van der Waals surface area (Å²) >= 11 is 6.40. The molecule has 2 aromatic carbocycles. The van der Waals surface area contributed by atoms with Crippen molar-refractivity contribution < 1.29 is 9.50 Å². The van der Waals surface area contributed by atoms with Crippen LogP contribution in [0.3, 0.4) is 0 Å². The Balaban J connectivity index is 2.20.